The molecule has 0 radical (unpaired) electrons. The summed E-state index contributed by atoms with van der Waals surface area (Å²) >= 11 is 0. The molecular formula is C25H30N4O3. The Morgan fingerprint density at radius 3 is 2.50 bits per heavy atom. The molecule has 7 nitrogen and oxygen atoms in total. The number of piperidine rings is 1. The van der Waals surface area contributed by atoms with Crippen LogP contribution in [0.4, 0.5) is 4.79 Å². The van der Waals surface area contributed by atoms with Crippen LogP contribution < -0.4 is 5.32 Å². The van der Waals surface area contributed by atoms with Crippen molar-refractivity contribution in [2.24, 2.45) is 5.92 Å². The van der Waals surface area contributed by atoms with Crippen LogP contribution in [0.3, 0.4) is 0 Å². The first kappa shape index (κ1) is 21.1. The molecule has 3 saturated heterocycles. The van der Waals surface area contributed by atoms with Crippen LogP contribution in [-0.4, -0.2) is 59.1 Å². The monoisotopic (exact) mass is 434 g/mol. The molecule has 3 aliphatic rings. The average molecular weight is 435 g/mol. The van der Waals surface area contributed by atoms with Gasteiger partial charge < -0.3 is 10.1 Å². The Hall–Kier alpha value is -2.77. The van der Waals surface area contributed by atoms with Crippen LogP contribution >= 0.6 is 0 Å². The fraction of sp³-hybridized carbons (Fsp3) is 0.480. The number of imide groups is 1. The number of rotatable bonds is 6. The fourth-order valence-corrected chi connectivity index (χ4v) is 5.37. The summed E-state index contributed by atoms with van der Waals surface area (Å²) in [5.74, 6) is -0.187. The first-order chi connectivity index (χ1) is 15.7. The summed E-state index contributed by atoms with van der Waals surface area (Å²) in [4.78, 5) is 35.2. The predicted octanol–water partition coefficient (Wildman–Crippen LogP) is 2.92. The molecule has 0 aliphatic carbocycles. The van der Waals surface area contributed by atoms with E-state index < -0.39 is 5.54 Å². The Balaban J connectivity index is 1.36. The molecule has 4 heterocycles. The van der Waals surface area contributed by atoms with Crippen molar-refractivity contribution in [3.05, 3.63) is 66.0 Å². The van der Waals surface area contributed by atoms with Crippen molar-refractivity contribution in [3.8, 4) is 0 Å². The Labute approximate surface area is 188 Å². The largest absolute Gasteiger partial charge is 0.376 e. The summed E-state index contributed by atoms with van der Waals surface area (Å²) in [5, 5.41) is 3.09. The van der Waals surface area contributed by atoms with E-state index >= 15 is 0 Å². The first-order valence-electron chi connectivity index (χ1n) is 11.6. The maximum Gasteiger partial charge on any atom is 0.325 e. The molecule has 1 aromatic carbocycles. The van der Waals surface area contributed by atoms with Crippen molar-refractivity contribution in [2.45, 2.75) is 43.9 Å². The molecule has 0 saturated carbocycles. The van der Waals surface area contributed by atoms with Gasteiger partial charge in [-0.15, -0.1) is 0 Å². The van der Waals surface area contributed by atoms with Gasteiger partial charge in [-0.3, -0.25) is 19.6 Å². The number of amides is 3. The molecule has 0 spiro atoms. The lowest BCUT2D eigenvalue weighted by atomic mass is 9.75. The Morgan fingerprint density at radius 2 is 1.81 bits per heavy atom. The molecule has 0 bridgehead atoms. The van der Waals surface area contributed by atoms with Gasteiger partial charge in [0.05, 0.1) is 18.3 Å². The number of carbonyl (C=O) groups is 2. The predicted molar refractivity (Wildman–Crippen MR) is 120 cm³/mol. The standard InChI is InChI=1S/C25H30N4O3/c30-23-25(22-10-4-5-13-26-22,27-24(31)29(23)18-21-9-6-16-32-21)20-11-14-28(15-12-20)17-19-7-2-1-3-8-19/h1-5,7-8,10,13,20-21H,6,9,11-12,14-18H2,(H,27,31). The molecule has 3 fully saturated rings. The van der Waals surface area contributed by atoms with Gasteiger partial charge in [0.25, 0.3) is 5.91 Å². The quantitative estimate of drug-likeness (QED) is 0.708. The van der Waals surface area contributed by atoms with E-state index in [2.05, 4.69) is 39.5 Å². The molecule has 32 heavy (non-hydrogen) atoms. The van der Waals surface area contributed by atoms with E-state index in [0.29, 0.717) is 18.8 Å². The van der Waals surface area contributed by atoms with Gasteiger partial charge in [-0.2, -0.15) is 0 Å². The maximum absolute atomic E-state index is 13.8. The van der Waals surface area contributed by atoms with Crippen molar-refractivity contribution in [1.82, 2.24) is 20.1 Å². The van der Waals surface area contributed by atoms with Crippen molar-refractivity contribution in [3.63, 3.8) is 0 Å². The van der Waals surface area contributed by atoms with E-state index in [-0.39, 0.29) is 24.0 Å². The summed E-state index contributed by atoms with van der Waals surface area (Å²) in [7, 11) is 0. The third kappa shape index (κ3) is 3.91. The molecule has 2 unspecified atom stereocenters. The fourth-order valence-electron chi connectivity index (χ4n) is 5.37. The molecule has 1 N–H and O–H groups in total. The number of hydrogen-bond donors (Lipinski definition) is 1. The topological polar surface area (TPSA) is 74.8 Å². The number of ether oxygens (including phenoxy) is 1. The van der Waals surface area contributed by atoms with Gasteiger partial charge in [-0.05, 0) is 62.4 Å². The number of aromatic nitrogens is 1. The number of pyridine rings is 1. The summed E-state index contributed by atoms with van der Waals surface area (Å²) < 4.78 is 5.71. The number of urea groups is 1. The van der Waals surface area contributed by atoms with Gasteiger partial charge in [0.2, 0.25) is 0 Å². The second-order valence-electron chi connectivity index (χ2n) is 9.04. The SMILES string of the molecule is O=C1NC(c2ccccn2)(C2CCN(Cc3ccccc3)CC2)C(=O)N1CC1CCCO1. The molecular weight excluding hydrogens is 404 g/mol. The second-order valence-corrected chi connectivity index (χ2v) is 9.04. The van der Waals surface area contributed by atoms with Crippen LogP contribution in [-0.2, 0) is 21.6 Å². The van der Waals surface area contributed by atoms with E-state index in [1.54, 1.807) is 6.20 Å². The molecule has 3 aliphatic heterocycles. The van der Waals surface area contributed by atoms with Crippen LogP contribution in [0.2, 0.25) is 0 Å². The van der Waals surface area contributed by atoms with E-state index in [1.165, 1.54) is 10.5 Å². The number of nitrogens with one attached hydrogen (secondary N) is 1. The lowest BCUT2D eigenvalue weighted by Crippen LogP contribution is -2.54. The molecule has 1 aromatic heterocycles. The van der Waals surface area contributed by atoms with Crippen molar-refractivity contribution in [2.75, 3.05) is 26.2 Å². The molecule has 5 rings (SSSR count). The van der Waals surface area contributed by atoms with Gasteiger partial charge in [0.1, 0.15) is 0 Å². The highest BCUT2D eigenvalue weighted by atomic mass is 16.5. The molecule has 3 amide bonds. The van der Waals surface area contributed by atoms with Gasteiger partial charge in [-0.1, -0.05) is 36.4 Å². The highest BCUT2D eigenvalue weighted by molar-refractivity contribution is 6.07. The highest BCUT2D eigenvalue weighted by Gasteiger charge is 2.58. The van der Waals surface area contributed by atoms with Gasteiger partial charge in [-0.25, -0.2) is 4.79 Å². The summed E-state index contributed by atoms with van der Waals surface area (Å²) in [6, 6.07) is 15.7. The van der Waals surface area contributed by atoms with Gasteiger partial charge in [0, 0.05) is 19.3 Å². The summed E-state index contributed by atoms with van der Waals surface area (Å²) in [5.41, 5.74) is 0.823. The Morgan fingerprint density at radius 1 is 1.03 bits per heavy atom. The Bertz CT molecular complexity index is 940. The minimum Gasteiger partial charge on any atom is -0.376 e. The molecule has 2 atom stereocenters. The zero-order valence-corrected chi connectivity index (χ0v) is 18.3. The van der Waals surface area contributed by atoms with E-state index in [9.17, 15) is 9.59 Å². The number of likely N-dealkylation sites (tertiary alicyclic amines) is 1. The lowest BCUT2D eigenvalue weighted by molar-refractivity contribution is -0.135. The number of carbonyl (C=O) groups excluding carboxylic acids is 2. The zero-order valence-electron chi connectivity index (χ0n) is 18.3. The number of nitrogens with zero attached hydrogens (tertiary/aromatic N) is 3. The highest BCUT2D eigenvalue weighted by Crippen LogP contribution is 2.41. The van der Waals surface area contributed by atoms with Gasteiger partial charge >= 0.3 is 6.03 Å². The van der Waals surface area contributed by atoms with Crippen molar-refractivity contribution < 1.29 is 14.3 Å². The summed E-state index contributed by atoms with van der Waals surface area (Å²) in [6.07, 6.45) is 5.12. The van der Waals surface area contributed by atoms with Crippen LogP contribution in [0.25, 0.3) is 0 Å². The summed E-state index contributed by atoms with van der Waals surface area (Å²) in [6.45, 7) is 3.66. The van der Waals surface area contributed by atoms with Gasteiger partial charge in [0.15, 0.2) is 5.54 Å². The lowest BCUT2D eigenvalue weighted by Gasteiger charge is -2.40. The zero-order chi connectivity index (χ0) is 22.0. The van der Waals surface area contributed by atoms with Crippen LogP contribution in [0.1, 0.15) is 36.9 Å². The molecule has 2 aromatic rings. The van der Waals surface area contributed by atoms with Crippen LogP contribution in [0.5, 0.6) is 0 Å². The maximum atomic E-state index is 13.8. The third-order valence-electron chi connectivity index (χ3n) is 7.06. The van der Waals surface area contributed by atoms with Crippen LogP contribution in [0, 0.1) is 5.92 Å². The van der Waals surface area contributed by atoms with Crippen molar-refractivity contribution >= 4 is 11.9 Å². The van der Waals surface area contributed by atoms with Crippen LogP contribution in [0.15, 0.2) is 54.7 Å². The minimum atomic E-state index is -1.10. The van der Waals surface area contributed by atoms with E-state index in [1.807, 2.05) is 24.3 Å². The number of benzene rings is 1. The Kier molecular flexibility index (Phi) is 5.93. The minimum absolute atomic E-state index is 0.00429. The average Bonchev–Trinajstić information content (AvgIpc) is 3.44. The van der Waals surface area contributed by atoms with E-state index in [0.717, 1.165) is 45.3 Å². The number of hydrogen-bond acceptors (Lipinski definition) is 5. The van der Waals surface area contributed by atoms with Crippen molar-refractivity contribution in [1.29, 1.82) is 0 Å². The third-order valence-corrected chi connectivity index (χ3v) is 7.06. The molecule has 168 valence electrons. The first-order valence-corrected chi connectivity index (χ1v) is 11.6. The van der Waals surface area contributed by atoms with E-state index in [4.69, 9.17) is 4.74 Å². The second kappa shape index (κ2) is 9.00. The smallest absolute Gasteiger partial charge is 0.325 e. The normalized spacial score (nSPS) is 27.1. The molecule has 7 heteroatoms.